The summed E-state index contributed by atoms with van der Waals surface area (Å²) in [6, 6.07) is 18.7. The summed E-state index contributed by atoms with van der Waals surface area (Å²) in [6.45, 7) is 3.58. The first-order valence-electron chi connectivity index (χ1n) is 11.4. The Kier molecular flexibility index (Phi) is 5.84. The van der Waals surface area contributed by atoms with Crippen LogP contribution in [0.2, 0.25) is 5.02 Å². The van der Waals surface area contributed by atoms with Crippen molar-refractivity contribution in [1.82, 2.24) is 9.88 Å². The monoisotopic (exact) mass is 442 g/mol. The fraction of sp³-hybridized carbons (Fsp3) is 0.286. The third-order valence-corrected chi connectivity index (χ3v) is 6.91. The average molecular weight is 443 g/mol. The quantitative estimate of drug-likeness (QED) is 0.501. The number of aryl methyl sites for hydroxylation is 3. The normalized spacial score (nSPS) is 15.8. The van der Waals surface area contributed by atoms with Crippen LogP contribution in [-0.2, 0) is 24.1 Å². The lowest BCUT2D eigenvalue weighted by Gasteiger charge is -2.30. The number of benzene rings is 2. The van der Waals surface area contributed by atoms with E-state index in [1.54, 1.807) is 0 Å². The molecule has 1 saturated heterocycles. The summed E-state index contributed by atoms with van der Waals surface area (Å²) in [7, 11) is 0. The Labute approximate surface area is 194 Å². The molecule has 0 spiro atoms. The first-order chi connectivity index (χ1) is 15.6. The second kappa shape index (κ2) is 8.91. The second-order valence-corrected chi connectivity index (χ2v) is 9.27. The molecular weight excluding hydrogens is 416 g/mol. The van der Waals surface area contributed by atoms with Crippen LogP contribution in [0.1, 0.15) is 46.4 Å². The van der Waals surface area contributed by atoms with E-state index in [1.165, 1.54) is 33.4 Å². The van der Waals surface area contributed by atoms with Crippen molar-refractivity contribution >= 4 is 23.1 Å². The Bertz CT molecular complexity index is 1190. The molecule has 3 aromatic rings. The van der Waals surface area contributed by atoms with E-state index in [1.807, 2.05) is 23.2 Å². The van der Waals surface area contributed by atoms with Crippen molar-refractivity contribution in [3.63, 3.8) is 0 Å². The van der Waals surface area contributed by atoms with Crippen LogP contribution in [0.4, 0.5) is 0 Å². The minimum Gasteiger partial charge on any atom is -0.342 e. The molecule has 0 bridgehead atoms. The Hall–Kier alpha value is -2.91. The van der Waals surface area contributed by atoms with Crippen LogP contribution in [0.3, 0.4) is 0 Å². The van der Waals surface area contributed by atoms with Gasteiger partial charge in [-0.15, -0.1) is 0 Å². The summed E-state index contributed by atoms with van der Waals surface area (Å²) in [5, 5.41) is 0.781. The summed E-state index contributed by atoms with van der Waals surface area (Å²) in [5.41, 5.74) is 9.89. The summed E-state index contributed by atoms with van der Waals surface area (Å²) in [4.78, 5) is 19.7. The smallest absolute Gasteiger partial charge is 0.227 e. The van der Waals surface area contributed by atoms with Crippen LogP contribution in [0.15, 0.2) is 66.4 Å². The Morgan fingerprint density at radius 1 is 0.969 bits per heavy atom. The van der Waals surface area contributed by atoms with Gasteiger partial charge in [0.15, 0.2) is 0 Å². The minimum atomic E-state index is 0.212. The zero-order valence-electron chi connectivity index (χ0n) is 18.4. The molecule has 1 aromatic heterocycles. The van der Waals surface area contributed by atoms with Gasteiger partial charge in [-0.2, -0.15) is 0 Å². The maximum Gasteiger partial charge on any atom is 0.227 e. The van der Waals surface area contributed by atoms with Gasteiger partial charge in [0, 0.05) is 29.9 Å². The maximum atomic E-state index is 12.9. The molecule has 1 fully saturated rings. The van der Waals surface area contributed by atoms with Gasteiger partial charge in [-0.1, -0.05) is 59.1 Å². The maximum absolute atomic E-state index is 12.9. The summed E-state index contributed by atoms with van der Waals surface area (Å²) in [6.07, 6.45) is 6.06. The van der Waals surface area contributed by atoms with Gasteiger partial charge in [0.25, 0.3) is 0 Å². The predicted octanol–water partition coefficient (Wildman–Crippen LogP) is 5.81. The molecule has 2 aromatic carbocycles. The summed E-state index contributed by atoms with van der Waals surface area (Å²) in [5.74, 6) is 0.212. The number of carbonyl (C=O) groups is 1. The Morgan fingerprint density at radius 3 is 2.50 bits per heavy atom. The van der Waals surface area contributed by atoms with E-state index in [-0.39, 0.29) is 5.91 Å². The lowest BCUT2D eigenvalue weighted by atomic mass is 9.88. The molecular formula is C28H27ClN2O. The zero-order chi connectivity index (χ0) is 22.1. The van der Waals surface area contributed by atoms with E-state index in [2.05, 4.69) is 49.4 Å². The lowest BCUT2D eigenvalue weighted by Crippen LogP contribution is -2.37. The average Bonchev–Trinajstić information content (AvgIpc) is 2.97. The van der Waals surface area contributed by atoms with Crippen molar-refractivity contribution in [3.05, 3.63) is 105 Å². The molecule has 0 atom stereocenters. The number of hydrogen-bond donors (Lipinski definition) is 0. The van der Waals surface area contributed by atoms with Crippen molar-refractivity contribution in [2.24, 2.45) is 0 Å². The van der Waals surface area contributed by atoms with Crippen LogP contribution in [0.25, 0.3) is 5.57 Å². The number of rotatable bonds is 2. The summed E-state index contributed by atoms with van der Waals surface area (Å²) >= 11 is 6.33. The molecule has 1 aliphatic carbocycles. The number of aromatic nitrogens is 1. The molecule has 0 N–H and O–H groups in total. The highest BCUT2D eigenvalue weighted by molar-refractivity contribution is 6.30. The number of pyridine rings is 1. The molecule has 162 valence electrons. The number of nitrogens with zero attached hydrogens (tertiary/aromatic N) is 2. The van der Waals surface area contributed by atoms with Gasteiger partial charge in [0.1, 0.15) is 0 Å². The van der Waals surface area contributed by atoms with Gasteiger partial charge in [-0.3, -0.25) is 9.78 Å². The van der Waals surface area contributed by atoms with E-state index in [4.69, 9.17) is 16.6 Å². The molecule has 0 unspecified atom stereocenters. The molecule has 4 heteroatoms. The van der Waals surface area contributed by atoms with E-state index < -0.39 is 0 Å². The Balaban J connectivity index is 1.42. The molecule has 5 rings (SSSR count). The zero-order valence-corrected chi connectivity index (χ0v) is 19.2. The van der Waals surface area contributed by atoms with Crippen molar-refractivity contribution in [2.75, 3.05) is 13.1 Å². The molecule has 32 heavy (non-hydrogen) atoms. The fourth-order valence-corrected chi connectivity index (χ4v) is 5.10. The fourth-order valence-electron chi connectivity index (χ4n) is 4.90. The highest BCUT2D eigenvalue weighted by atomic mass is 35.5. The molecule has 3 nitrogen and oxygen atoms in total. The molecule has 0 saturated carbocycles. The number of hydrogen-bond acceptors (Lipinski definition) is 2. The van der Waals surface area contributed by atoms with Gasteiger partial charge in [0.05, 0.1) is 12.1 Å². The highest BCUT2D eigenvalue weighted by Gasteiger charge is 2.26. The first kappa shape index (κ1) is 21.0. The van der Waals surface area contributed by atoms with Gasteiger partial charge in [0.2, 0.25) is 5.91 Å². The van der Waals surface area contributed by atoms with E-state index >= 15 is 0 Å². The lowest BCUT2D eigenvalue weighted by molar-refractivity contribution is -0.130. The SMILES string of the molecule is Cc1ccc(CC(=O)N2CCC(=C3c4ccc(Cl)cc4CCc4cccnc43)CC2)cc1. The van der Waals surface area contributed by atoms with E-state index in [0.29, 0.717) is 6.42 Å². The molecule has 0 radical (unpaired) electrons. The van der Waals surface area contributed by atoms with Crippen LogP contribution in [0, 0.1) is 6.92 Å². The molecule has 1 aliphatic heterocycles. The number of amides is 1. The highest BCUT2D eigenvalue weighted by Crippen LogP contribution is 2.38. The third-order valence-electron chi connectivity index (χ3n) is 6.68. The predicted molar refractivity (Wildman–Crippen MR) is 130 cm³/mol. The number of likely N-dealkylation sites (tertiary alicyclic amines) is 1. The molecule has 1 amide bonds. The van der Waals surface area contributed by atoms with Gasteiger partial charge < -0.3 is 4.90 Å². The van der Waals surface area contributed by atoms with E-state index in [9.17, 15) is 4.79 Å². The number of fused-ring (bicyclic) bond motifs is 2. The molecule has 2 aliphatic rings. The van der Waals surface area contributed by atoms with E-state index in [0.717, 1.165) is 55.1 Å². The Morgan fingerprint density at radius 2 is 1.72 bits per heavy atom. The van der Waals surface area contributed by atoms with Crippen molar-refractivity contribution in [3.8, 4) is 0 Å². The number of carbonyl (C=O) groups excluding carboxylic acids is 1. The van der Waals surface area contributed by atoms with Gasteiger partial charge in [-0.25, -0.2) is 0 Å². The van der Waals surface area contributed by atoms with Crippen LogP contribution in [-0.4, -0.2) is 28.9 Å². The first-order valence-corrected chi connectivity index (χ1v) is 11.7. The van der Waals surface area contributed by atoms with Crippen molar-refractivity contribution < 1.29 is 4.79 Å². The standard InChI is InChI=1S/C28H27ClN2O/c1-19-4-6-20(7-5-19)17-26(32)31-15-12-21(13-16-31)27-25-11-10-24(29)18-23(25)9-8-22-3-2-14-30-28(22)27/h2-7,10-11,14,18H,8-9,12-13,15-17H2,1H3. The minimum absolute atomic E-state index is 0.212. The largest absolute Gasteiger partial charge is 0.342 e. The topological polar surface area (TPSA) is 33.2 Å². The van der Waals surface area contributed by atoms with Crippen LogP contribution in [0.5, 0.6) is 0 Å². The van der Waals surface area contributed by atoms with Gasteiger partial charge >= 0.3 is 0 Å². The third kappa shape index (κ3) is 4.22. The van der Waals surface area contributed by atoms with Gasteiger partial charge in [-0.05, 0) is 73.1 Å². The number of piperidine rings is 1. The van der Waals surface area contributed by atoms with Crippen LogP contribution < -0.4 is 0 Å². The number of halogens is 1. The van der Waals surface area contributed by atoms with Crippen molar-refractivity contribution in [2.45, 2.75) is 39.0 Å². The summed E-state index contributed by atoms with van der Waals surface area (Å²) < 4.78 is 0. The molecule has 2 heterocycles. The second-order valence-electron chi connectivity index (χ2n) is 8.83. The van der Waals surface area contributed by atoms with Crippen LogP contribution >= 0.6 is 11.6 Å². The van der Waals surface area contributed by atoms with Crippen molar-refractivity contribution in [1.29, 1.82) is 0 Å².